The second kappa shape index (κ2) is 6.02. The fourth-order valence-corrected chi connectivity index (χ4v) is 2.96. The van der Waals surface area contributed by atoms with E-state index >= 15 is 0 Å². The molecule has 17 heavy (non-hydrogen) atoms. The van der Waals surface area contributed by atoms with Crippen molar-refractivity contribution in [1.29, 1.82) is 0 Å². The van der Waals surface area contributed by atoms with Crippen molar-refractivity contribution in [3.63, 3.8) is 0 Å². The monoisotopic (exact) mass is 312 g/mol. The second-order valence-corrected chi connectivity index (χ2v) is 5.98. The Labute approximate surface area is 113 Å². The Kier molecular flexibility index (Phi) is 4.39. The Balaban J connectivity index is 1.89. The molecule has 0 saturated carbocycles. The number of thiophene rings is 1. The van der Waals surface area contributed by atoms with Crippen molar-refractivity contribution in [2.24, 2.45) is 0 Å². The lowest BCUT2D eigenvalue weighted by molar-refractivity contribution is 0.415. The normalized spacial score (nSPS) is 10.2. The van der Waals surface area contributed by atoms with Crippen LogP contribution in [0, 0.1) is 0 Å². The number of anilines is 1. The molecule has 0 bridgehead atoms. The minimum absolute atomic E-state index is 0.778. The van der Waals surface area contributed by atoms with Crippen LogP contribution in [-0.4, -0.2) is 18.6 Å². The number of halogens is 1. The molecule has 5 heteroatoms. The van der Waals surface area contributed by atoms with E-state index in [-0.39, 0.29) is 0 Å². The van der Waals surface area contributed by atoms with Crippen LogP contribution in [-0.2, 0) is 6.42 Å². The third-order valence-electron chi connectivity index (χ3n) is 2.28. The first kappa shape index (κ1) is 12.4. The number of methoxy groups -OCH3 is 1. The molecule has 3 nitrogen and oxygen atoms in total. The summed E-state index contributed by atoms with van der Waals surface area (Å²) in [6, 6.07) is 7.96. The zero-order valence-corrected chi connectivity index (χ0v) is 11.8. The van der Waals surface area contributed by atoms with Gasteiger partial charge in [0.2, 0.25) is 0 Å². The first-order valence-corrected chi connectivity index (χ1v) is 6.87. The van der Waals surface area contributed by atoms with Crippen molar-refractivity contribution in [2.75, 3.05) is 19.0 Å². The molecule has 90 valence electrons. The summed E-state index contributed by atoms with van der Waals surface area (Å²) < 4.78 is 6.39. The fraction of sp³-hybridized carbons (Fsp3) is 0.250. The molecule has 0 aliphatic carbocycles. The van der Waals surface area contributed by atoms with E-state index in [9.17, 15) is 0 Å². The highest BCUT2D eigenvalue weighted by molar-refractivity contribution is 9.11. The van der Waals surface area contributed by atoms with Gasteiger partial charge in [0.1, 0.15) is 0 Å². The van der Waals surface area contributed by atoms with Crippen molar-refractivity contribution in [1.82, 2.24) is 4.98 Å². The van der Waals surface area contributed by atoms with Crippen LogP contribution in [0.25, 0.3) is 0 Å². The lowest BCUT2D eigenvalue weighted by atomic mass is 10.3. The zero-order chi connectivity index (χ0) is 12.1. The highest BCUT2D eigenvalue weighted by Gasteiger charge is 2.02. The van der Waals surface area contributed by atoms with E-state index in [0.717, 1.165) is 24.5 Å². The Hall–Kier alpha value is -1.07. The van der Waals surface area contributed by atoms with Crippen LogP contribution in [0.5, 0.6) is 5.75 Å². The molecule has 0 fully saturated rings. The molecule has 0 aromatic carbocycles. The van der Waals surface area contributed by atoms with Gasteiger partial charge in [-0.3, -0.25) is 0 Å². The van der Waals surface area contributed by atoms with Gasteiger partial charge in [-0.15, -0.1) is 11.3 Å². The van der Waals surface area contributed by atoms with E-state index < -0.39 is 0 Å². The van der Waals surface area contributed by atoms with Crippen molar-refractivity contribution >= 4 is 33.1 Å². The predicted molar refractivity (Wildman–Crippen MR) is 75.0 cm³/mol. The topological polar surface area (TPSA) is 34.1 Å². The number of pyridine rings is 1. The standard InChI is InChI=1S/C12H13BrN2OS/c1-16-10-3-2-7-14-12(10)15-8-6-9-4-5-11(13)17-9/h2-5,7H,6,8H2,1H3,(H,14,15). The Morgan fingerprint density at radius 1 is 1.41 bits per heavy atom. The second-order valence-electron chi connectivity index (χ2n) is 3.44. The molecule has 0 unspecified atom stereocenters. The van der Waals surface area contributed by atoms with Crippen molar-refractivity contribution in [3.8, 4) is 5.75 Å². The van der Waals surface area contributed by atoms with Crippen LogP contribution < -0.4 is 10.1 Å². The van der Waals surface area contributed by atoms with E-state index in [1.807, 2.05) is 12.1 Å². The summed E-state index contributed by atoms with van der Waals surface area (Å²) in [7, 11) is 1.65. The van der Waals surface area contributed by atoms with Crippen molar-refractivity contribution < 1.29 is 4.74 Å². The van der Waals surface area contributed by atoms with E-state index in [1.54, 1.807) is 24.6 Å². The Bertz CT molecular complexity index is 487. The summed E-state index contributed by atoms with van der Waals surface area (Å²) in [5.41, 5.74) is 0. The molecule has 2 aromatic heterocycles. The minimum atomic E-state index is 0.778. The molecule has 0 spiro atoms. The van der Waals surface area contributed by atoms with Crippen LogP contribution in [0.1, 0.15) is 4.88 Å². The molecule has 0 aliphatic heterocycles. The van der Waals surface area contributed by atoms with Crippen LogP contribution in [0.2, 0.25) is 0 Å². The Morgan fingerprint density at radius 2 is 2.29 bits per heavy atom. The number of nitrogens with zero attached hydrogens (tertiary/aromatic N) is 1. The quantitative estimate of drug-likeness (QED) is 0.916. The summed E-state index contributed by atoms with van der Waals surface area (Å²) in [5.74, 6) is 1.57. The third-order valence-corrected chi connectivity index (χ3v) is 3.97. The van der Waals surface area contributed by atoms with Crippen LogP contribution in [0.15, 0.2) is 34.2 Å². The van der Waals surface area contributed by atoms with Crippen molar-refractivity contribution in [3.05, 3.63) is 39.1 Å². The summed E-state index contributed by atoms with van der Waals surface area (Å²) in [6.45, 7) is 0.848. The van der Waals surface area contributed by atoms with Gasteiger partial charge in [0.15, 0.2) is 11.6 Å². The van der Waals surface area contributed by atoms with Gasteiger partial charge in [0, 0.05) is 17.6 Å². The molecule has 2 rings (SSSR count). The maximum atomic E-state index is 5.22. The molecule has 0 atom stereocenters. The van der Waals surface area contributed by atoms with Crippen LogP contribution in [0.3, 0.4) is 0 Å². The molecule has 2 heterocycles. The van der Waals surface area contributed by atoms with Gasteiger partial charge in [0.05, 0.1) is 10.9 Å². The van der Waals surface area contributed by atoms with Gasteiger partial charge in [-0.25, -0.2) is 4.98 Å². The summed E-state index contributed by atoms with van der Waals surface area (Å²) in [5, 5.41) is 3.28. The average Bonchev–Trinajstić information content (AvgIpc) is 2.76. The summed E-state index contributed by atoms with van der Waals surface area (Å²) in [6.07, 6.45) is 2.74. The number of rotatable bonds is 5. The first-order chi connectivity index (χ1) is 8.29. The van der Waals surface area contributed by atoms with Gasteiger partial charge in [-0.1, -0.05) is 0 Å². The van der Waals surface area contributed by atoms with Crippen LogP contribution >= 0.6 is 27.3 Å². The highest BCUT2D eigenvalue weighted by atomic mass is 79.9. The smallest absolute Gasteiger partial charge is 0.168 e. The number of nitrogens with one attached hydrogen (secondary N) is 1. The summed E-state index contributed by atoms with van der Waals surface area (Å²) >= 11 is 5.22. The van der Waals surface area contributed by atoms with E-state index in [4.69, 9.17) is 4.74 Å². The van der Waals surface area contributed by atoms with E-state index in [1.165, 1.54) is 8.66 Å². The zero-order valence-electron chi connectivity index (χ0n) is 9.44. The van der Waals surface area contributed by atoms with Gasteiger partial charge < -0.3 is 10.1 Å². The van der Waals surface area contributed by atoms with Gasteiger partial charge in [0.25, 0.3) is 0 Å². The fourth-order valence-electron chi connectivity index (χ4n) is 1.48. The number of hydrogen-bond donors (Lipinski definition) is 1. The van der Waals surface area contributed by atoms with Gasteiger partial charge in [-0.05, 0) is 46.6 Å². The molecule has 0 saturated heterocycles. The van der Waals surface area contributed by atoms with E-state index in [2.05, 4.69) is 38.4 Å². The maximum Gasteiger partial charge on any atom is 0.168 e. The molecular formula is C12H13BrN2OS. The SMILES string of the molecule is COc1cccnc1NCCc1ccc(Br)s1. The molecule has 0 radical (unpaired) electrons. The lowest BCUT2D eigenvalue weighted by Crippen LogP contribution is -2.06. The van der Waals surface area contributed by atoms with Gasteiger partial charge >= 0.3 is 0 Å². The number of aromatic nitrogens is 1. The molecule has 0 aliphatic rings. The number of ether oxygens (including phenoxy) is 1. The largest absolute Gasteiger partial charge is 0.493 e. The lowest BCUT2D eigenvalue weighted by Gasteiger charge is -2.08. The summed E-state index contributed by atoms with van der Waals surface area (Å²) in [4.78, 5) is 5.59. The Morgan fingerprint density at radius 3 is 3.00 bits per heavy atom. The molecule has 1 N–H and O–H groups in total. The molecule has 0 amide bonds. The minimum Gasteiger partial charge on any atom is -0.493 e. The first-order valence-electron chi connectivity index (χ1n) is 5.26. The molecule has 2 aromatic rings. The highest BCUT2D eigenvalue weighted by Crippen LogP contribution is 2.23. The maximum absolute atomic E-state index is 5.22. The van der Waals surface area contributed by atoms with Crippen molar-refractivity contribution in [2.45, 2.75) is 6.42 Å². The predicted octanol–water partition coefficient (Wildman–Crippen LogP) is 3.57. The molecular weight excluding hydrogens is 300 g/mol. The van der Waals surface area contributed by atoms with E-state index in [0.29, 0.717) is 0 Å². The van der Waals surface area contributed by atoms with Crippen LogP contribution in [0.4, 0.5) is 5.82 Å². The average molecular weight is 313 g/mol. The number of hydrogen-bond acceptors (Lipinski definition) is 4. The van der Waals surface area contributed by atoms with Gasteiger partial charge in [-0.2, -0.15) is 0 Å². The third kappa shape index (κ3) is 3.44.